The van der Waals surface area contributed by atoms with Crippen LogP contribution in [0.2, 0.25) is 0 Å². The number of hydrogen-bond donors (Lipinski definition) is 1. The lowest BCUT2D eigenvalue weighted by Crippen LogP contribution is -2.38. The Bertz CT molecular complexity index is 459. The fraction of sp³-hybridized carbons (Fsp3) is 0.533. The zero-order chi connectivity index (χ0) is 15.3. The van der Waals surface area contributed by atoms with Gasteiger partial charge in [0.25, 0.3) is 0 Å². The van der Waals surface area contributed by atoms with Crippen molar-refractivity contribution in [1.82, 2.24) is 4.90 Å². The summed E-state index contributed by atoms with van der Waals surface area (Å²) in [6.45, 7) is 7.49. The van der Waals surface area contributed by atoms with Crippen molar-refractivity contribution < 1.29 is 9.90 Å². The van der Waals surface area contributed by atoms with Crippen molar-refractivity contribution in [2.24, 2.45) is 0 Å². The van der Waals surface area contributed by atoms with Gasteiger partial charge in [-0.2, -0.15) is 0 Å². The van der Waals surface area contributed by atoms with Crippen LogP contribution in [-0.4, -0.2) is 42.6 Å². The molecule has 1 aromatic carbocycles. The first-order valence-corrected chi connectivity index (χ1v) is 7.66. The number of halogens is 1. The summed E-state index contributed by atoms with van der Waals surface area (Å²) in [5.74, 6) is 0.115. The van der Waals surface area contributed by atoms with E-state index in [0.29, 0.717) is 6.54 Å². The Morgan fingerprint density at radius 2 is 1.95 bits per heavy atom. The minimum Gasteiger partial charge on any atom is -0.389 e. The Balaban J connectivity index is 2.82. The van der Waals surface area contributed by atoms with Crippen LogP contribution in [0.4, 0.5) is 5.69 Å². The van der Waals surface area contributed by atoms with Crippen molar-refractivity contribution >= 4 is 27.5 Å². The van der Waals surface area contributed by atoms with E-state index >= 15 is 0 Å². The maximum Gasteiger partial charge on any atom is 0.242 e. The molecule has 1 aromatic rings. The predicted molar refractivity (Wildman–Crippen MR) is 86.0 cm³/mol. The highest BCUT2D eigenvalue weighted by Crippen LogP contribution is 2.28. The van der Waals surface area contributed by atoms with Gasteiger partial charge in [-0.15, -0.1) is 0 Å². The predicted octanol–water partition coefficient (Wildman–Crippen LogP) is 2.81. The van der Waals surface area contributed by atoms with Gasteiger partial charge in [0, 0.05) is 24.6 Å². The number of carbonyl (C=O) groups is 1. The molecule has 0 heterocycles. The summed E-state index contributed by atoms with van der Waals surface area (Å²) in [4.78, 5) is 15.8. The number of likely N-dealkylation sites (N-methyl/N-ethyl adjacent to an activating group) is 2. The molecule has 1 amide bonds. The molecule has 0 saturated carbocycles. The molecule has 5 heteroatoms. The largest absolute Gasteiger partial charge is 0.389 e. The second-order valence-corrected chi connectivity index (χ2v) is 5.66. The third-order valence-electron chi connectivity index (χ3n) is 3.35. The fourth-order valence-electron chi connectivity index (χ4n) is 2.06. The van der Waals surface area contributed by atoms with Crippen LogP contribution in [0.1, 0.15) is 32.4 Å². The molecule has 0 aliphatic rings. The minimum atomic E-state index is -0.497. The summed E-state index contributed by atoms with van der Waals surface area (Å²) in [5, 5.41) is 9.56. The van der Waals surface area contributed by atoms with Gasteiger partial charge >= 0.3 is 0 Å². The lowest BCUT2D eigenvalue weighted by molar-refractivity contribution is -0.129. The molecule has 0 unspecified atom stereocenters. The number of aliphatic hydroxyl groups excluding tert-OH is 1. The van der Waals surface area contributed by atoms with Crippen molar-refractivity contribution in [3.63, 3.8) is 0 Å². The zero-order valence-corrected chi connectivity index (χ0v) is 14.1. The molecule has 1 atom stereocenters. The molecule has 4 nitrogen and oxygen atoms in total. The number of anilines is 1. The molecule has 0 spiro atoms. The number of benzene rings is 1. The molecule has 1 N–H and O–H groups in total. The van der Waals surface area contributed by atoms with Gasteiger partial charge in [-0.25, -0.2) is 0 Å². The van der Waals surface area contributed by atoms with Crippen LogP contribution >= 0.6 is 15.9 Å². The molecule has 0 aliphatic carbocycles. The Kier molecular flexibility index (Phi) is 6.49. The van der Waals surface area contributed by atoms with E-state index in [2.05, 4.69) is 15.9 Å². The molecule has 0 aromatic heterocycles. The van der Waals surface area contributed by atoms with Crippen LogP contribution in [0.15, 0.2) is 22.7 Å². The molecule has 0 radical (unpaired) electrons. The molecule has 0 saturated heterocycles. The van der Waals surface area contributed by atoms with Gasteiger partial charge < -0.3 is 14.9 Å². The Labute approximate surface area is 129 Å². The summed E-state index contributed by atoms with van der Waals surface area (Å²) in [7, 11) is 1.89. The third-order valence-corrected chi connectivity index (χ3v) is 3.99. The molecule has 112 valence electrons. The average molecular weight is 343 g/mol. The van der Waals surface area contributed by atoms with Gasteiger partial charge in [-0.05, 0) is 54.4 Å². The lowest BCUT2D eigenvalue weighted by Gasteiger charge is -2.25. The SMILES string of the molecule is CCN(CC)C(=O)CN(C)c1ccc([C@H](C)O)cc1Br. The van der Waals surface area contributed by atoms with Crippen molar-refractivity contribution in [3.05, 3.63) is 28.2 Å². The van der Waals surface area contributed by atoms with Crippen LogP contribution in [0.3, 0.4) is 0 Å². The maximum absolute atomic E-state index is 12.1. The van der Waals surface area contributed by atoms with E-state index in [9.17, 15) is 9.90 Å². The van der Waals surface area contributed by atoms with E-state index < -0.39 is 6.10 Å². The van der Waals surface area contributed by atoms with Crippen LogP contribution in [-0.2, 0) is 4.79 Å². The summed E-state index contributed by atoms with van der Waals surface area (Å²) in [5.41, 5.74) is 1.79. The van der Waals surface area contributed by atoms with E-state index in [-0.39, 0.29) is 5.91 Å². The second kappa shape index (κ2) is 7.64. The molecule has 1 rings (SSSR count). The first kappa shape index (κ1) is 17.0. The highest BCUT2D eigenvalue weighted by molar-refractivity contribution is 9.10. The third kappa shape index (κ3) is 4.21. The number of nitrogens with zero attached hydrogens (tertiary/aromatic N) is 2. The number of aliphatic hydroxyl groups is 1. The number of rotatable bonds is 6. The summed E-state index contributed by atoms with van der Waals surface area (Å²) in [6, 6.07) is 5.68. The smallest absolute Gasteiger partial charge is 0.242 e. The van der Waals surface area contributed by atoms with Gasteiger partial charge in [0.2, 0.25) is 5.91 Å². The summed E-state index contributed by atoms with van der Waals surface area (Å²) >= 11 is 3.50. The highest BCUT2D eigenvalue weighted by Gasteiger charge is 2.15. The zero-order valence-electron chi connectivity index (χ0n) is 12.6. The van der Waals surface area contributed by atoms with E-state index in [1.165, 1.54) is 0 Å². The quantitative estimate of drug-likeness (QED) is 0.864. The van der Waals surface area contributed by atoms with Crippen LogP contribution in [0.25, 0.3) is 0 Å². The standard InChI is InChI=1S/C15H23BrN2O2/c1-5-18(6-2)15(20)10-17(4)14-8-7-12(11(3)19)9-13(14)16/h7-9,11,19H,5-6,10H2,1-4H3/t11-/m0/s1. The van der Waals surface area contributed by atoms with Crippen LogP contribution < -0.4 is 4.90 Å². The number of amides is 1. The van der Waals surface area contributed by atoms with E-state index in [1.54, 1.807) is 6.92 Å². The minimum absolute atomic E-state index is 0.115. The van der Waals surface area contributed by atoms with Crippen molar-refractivity contribution in [2.75, 3.05) is 31.6 Å². The molecule has 0 fully saturated rings. The van der Waals surface area contributed by atoms with Crippen LogP contribution in [0.5, 0.6) is 0 Å². The number of carbonyl (C=O) groups excluding carboxylic acids is 1. The molecule has 0 bridgehead atoms. The van der Waals surface area contributed by atoms with Crippen LogP contribution in [0, 0.1) is 0 Å². The van der Waals surface area contributed by atoms with Crippen molar-refractivity contribution in [1.29, 1.82) is 0 Å². The van der Waals surface area contributed by atoms with Gasteiger partial charge in [0.15, 0.2) is 0 Å². The first-order chi connectivity index (χ1) is 9.40. The Hall–Kier alpha value is -1.07. The summed E-state index contributed by atoms with van der Waals surface area (Å²) in [6.07, 6.45) is -0.497. The van der Waals surface area contributed by atoms with Gasteiger partial charge in [0.05, 0.1) is 18.3 Å². The van der Waals surface area contributed by atoms with Gasteiger partial charge in [-0.1, -0.05) is 6.07 Å². The Morgan fingerprint density at radius 3 is 2.40 bits per heavy atom. The summed E-state index contributed by atoms with van der Waals surface area (Å²) < 4.78 is 0.880. The van der Waals surface area contributed by atoms with Gasteiger partial charge in [0.1, 0.15) is 0 Å². The van der Waals surface area contributed by atoms with E-state index in [0.717, 1.165) is 28.8 Å². The van der Waals surface area contributed by atoms with Crippen molar-refractivity contribution in [2.45, 2.75) is 26.9 Å². The second-order valence-electron chi connectivity index (χ2n) is 4.81. The maximum atomic E-state index is 12.1. The van der Waals surface area contributed by atoms with E-state index in [1.807, 2.05) is 48.9 Å². The molecular weight excluding hydrogens is 320 g/mol. The van der Waals surface area contributed by atoms with Crippen molar-refractivity contribution in [3.8, 4) is 0 Å². The average Bonchev–Trinajstić information content (AvgIpc) is 2.39. The monoisotopic (exact) mass is 342 g/mol. The molecule has 0 aliphatic heterocycles. The lowest BCUT2D eigenvalue weighted by atomic mass is 10.1. The fourth-order valence-corrected chi connectivity index (χ4v) is 2.76. The Morgan fingerprint density at radius 1 is 1.35 bits per heavy atom. The first-order valence-electron chi connectivity index (χ1n) is 6.87. The number of hydrogen-bond acceptors (Lipinski definition) is 3. The highest BCUT2D eigenvalue weighted by atomic mass is 79.9. The molecular formula is C15H23BrN2O2. The van der Waals surface area contributed by atoms with Gasteiger partial charge in [-0.3, -0.25) is 4.79 Å². The molecule has 20 heavy (non-hydrogen) atoms. The van der Waals surface area contributed by atoms with E-state index in [4.69, 9.17) is 0 Å². The topological polar surface area (TPSA) is 43.8 Å². The normalized spacial score (nSPS) is 12.1.